The summed E-state index contributed by atoms with van der Waals surface area (Å²) in [5, 5.41) is 9.31. The van der Waals surface area contributed by atoms with E-state index in [1.165, 1.54) is 12.1 Å². The molecule has 6 heteroatoms. The molecule has 1 fully saturated rings. The zero-order chi connectivity index (χ0) is 15.8. The zero-order valence-corrected chi connectivity index (χ0v) is 11.9. The third-order valence-electron chi connectivity index (χ3n) is 4.21. The van der Waals surface area contributed by atoms with Crippen molar-refractivity contribution in [1.29, 1.82) is 0 Å². The van der Waals surface area contributed by atoms with Crippen LogP contribution >= 0.6 is 0 Å². The average molecular weight is 301 g/mol. The van der Waals surface area contributed by atoms with Crippen LogP contribution in [-0.2, 0) is 11.0 Å². The smallest absolute Gasteiger partial charge is 0.416 e. The van der Waals surface area contributed by atoms with Gasteiger partial charge in [0.15, 0.2) is 0 Å². The maximum absolute atomic E-state index is 12.6. The maximum Gasteiger partial charge on any atom is 0.416 e. The summed E-state index contributed by atoms with van der Waals surface area (Å²) in [5.41, 5.74) is 0.00590. The molecule has 1 heterocycles. The minimum atomic E-state index is -4.35. The van der Waals surface area contributed by atoms with E-state index in [4.69, 9.17) is 0 Å². The molecule has 0 bridgehead atoms. The van der Waals surface area contributed by atoms with E-state index in [2.05, 4.69) is 0 Å². The van der Waals surface area contributed by atoms with Gasteiger partial charge in [-0.1, -0.05) is 19.1 Å². The zero-order valence-electron chi connectivity index (χ0n) is 11.9. The van der Waals surface area contributed by atoms with Crippen molar-refractivity contribution < 1.29 is 23.1 Å². The van der Waals surface area contributed by atoms with Crippen LogP contribution < -0.4 is 0 Å². The van der Waals surface area contributed by atoms with Crippen molar-refractivity contribution in [2.45, 2.75) is 38.5 Å². The molecule has 0 saturated carbocycles. The van der Waals surface area contributed by atoms with E-state index in [1.807, 2.05) is 18.7 Å². The fourth-order valence-electron chi connectivity index (χ4n) is 2.94. The Morgan fingerprint density at radius 1 is 1.33 bits per heavy atom. The Hall–Kier alpha value is -1.56. The molecular weight excluding hydrogens is 283 g/mol. The minimum absolute atomic E-state index is 0.0411. The first kappa shape index (κ1) is 15.8. The van der Waals surface area contributed by atoms with Crippen molar-refractivity contribution in [1.82, 2.24) is 4.90 Å². The lowest BCUT2D eigenvalue weighted by atomic mass is 10.0. The Morgan fingerprint density at radius 3 is 2.38 bits per heavy atom. The number of carbonyl (C=O) groups is 1. The van der Waals surface area contributed by atoms with Gasteiger partial charge in [-0.3, -0.25) is 9.69 Å². The van der Waals surface area contributed by atoms with Crippen molar-refractivity contribution >= 4 is 5.97 Å². The Labute approximate surface area is 121 Å². The maximum atomic E-state index is 12.6. The van der Waals surface area contributed by atoms with E-state index in [1.54, 1.807) is 0 Å². The number of likely N-dealkylation sites (tertiary alicyclic amines) is 1. The highest BCUT2D eigenvalue weighted by Crippen LogP contribution is 2.34. The lowest BCUT2D eigenvalue weighted by Gasteiger charge is -2.30. The number of aliphatic carboxylic acids is 1. The molecule has 0 spiro atoms. The highest BCUT2D eigenvalue weighted by atomic mass is 19.4. The molecule has 1 aliphatic heterocycles. The molecular formula is C15H18F3NO2. The number of rotatable bonds is 3. The second kappa shape index (κ2) is 5.67. The number of hydrogen-bond donors (Lipinski definition) is 1. The number of benzene rings is 1. The first-order valence-electron chi connectivity index (χ1n) is 6.87. The Kier molecular flexibility index (Phi) is 4.27. The van der Waals surface area contributed by atoms with Crippen LogP contribution in [0.4, 0.5) is 13.2 Å². The van der Waals surface area contributed by atoms with Gasteiger partial charge >= 0.3 is 12.1 Å². The van der Waals surface area contributed by atoms with Crippen molar-refractivity contribution in [2.24, 2.45) is 5.92 Å². The van der Waals surface area contributed by atoms with Crippen molar-refractivity contribution in [2.75, 3.05) is 6.54 Å². The monoisotopic (exact) mass is 301 g/mol. The predicted molar refractivity (Wildman–Crippen MR) is 71.8 cm³/mol. The van der Waals surface area contributed by atoms with E-state index in [0.29, 0.717) is 12.1 Å². The molecule has 3 unspecified atom stereocenters. The molecule has 0 radical (unpaired) electrons. The Balaban J connectivity index is 2.20. The standard InChI is InChI=1S/C15H18F3NO2/c1-9-7-8-19(13(9)14(20)21)10(2)11-3-5-12(6-4-11)15(16,17)18/h3-6,9-10,13H,7-8H2,1-2H3,(H,20,21). The van der Waals surface area contributed by atoms with Gasteiger partial charge in [-0.25, -0.2) is 0 Å². The Morgan fingerprint density at radius 2 is 1.90 bits per heavy atom. The Bertz CT molecular complexity index is 513. The van der Waals surface area contributed by atoms with E-state index in [0.717, 1.165) is 18.6 Å². The van der Waals surface area contributed by atoms with Gasteiger partial charge in [0.25, 0.3) is 0 Å². The lowest BCUT2D eigenvalue weighted by molar-refractivity contribution is -0.144. The van der Waals surface area contributed by atoms with Crippen LogP contribution in [0.3, 0.4) is 0 Å². The molecule has 1 N–H and O–H groups in total. The van der Waals surface area contributed by atoms with Gasteiger partial charge in [0.05, 0.1) is 5.56 Å². The summed E-state index contributed by atoms with van der Waals surface area (Å²) in [6.07, 6.45) is -3.57. The molecule has 3 nitrogen and oxygen atoms in total. The first-order valence-corrected chi connectivity index (χ1v) is 6.87. The van der Waals surface area contributed by atoms with E-state index in [-0.39, 0.29) is 12.0 Å². The lowest BCUT2D eigenvalue weighted by Crippen LogP contribution is -2.40. The highest BCUT2D eigenvalue weighted by Gasteiger charge is 2.39. The van der Waals surface area contributed by atoms with Crippen LogP contribution in [0.5, 0.6) is 0 Å². The van der Waals surface area contributed by atoms with Crippen LogP contribution in [0, 0.1) is 5.92 Å². The van der Waals surface area contributed by atoms with Gasteiger partial charge < -0.3 is 5.11 Å². The summed E-state index contributed by atoms with van der Waals surface area (Å²) in [6, 6.07) is 4.13. The summed E-state index contributed by atoms with van der Waals surface area (Å²) in [7, 11) is 0. The molecule has 1 saturated heterocycles. The number of carboxylic acids is 1. The number of carboxylic acid groups (broad SMARTS) is 1. The molecule has 2 rings (SSSR count). The highest BCUT2D eigenvalue weighted by molar-refractivity contribution is 5.74. The largest absolute Gasteiger partial charge is 0.480 e. The molecule has 1 aliphatic rings. The minimum Gasteiger partial charge on any atom is -0.480 e. The summed E-state index contributed by atoms with van der Waals surface area (Å²) < 4.78 is 37.7. The van der Waals surface area contributed by atoms with Crippen molar-refractivity contribution in [3.63, 3.8) is 0 Å². The molecule has 1 aromatic carbocycles. The second-order valence-electron chi connectivity index (χ2n) is 5.58. The van der Waals surface area contributed by atoms with Crippen LogP contribution in [0.15, 0.2) is 24.3 Å². The molecule has 0 amide bonds. The predicted octanol–water partition coefficient (Wildman–Crippen LogP) is 3.56. The van der Waals surface area contributed by atoms with Crippen LogP contribution in [0.2, 0.25) is 0 Å². The molecule has 3 atom stereocenters. The van der Waals surface area contributed by atoms with Gasteiger partial charge in [0.2, 0.25) is 0 Å². The number of hydrogen-bond acceptors (Lipinski definition) is 2. The van der Waals surface area contributed by atoms with E-state index < -0.39 is 23.8 Å². The summed E-state index contributed by atoms with van der Waals surface area (Å²) in [4.78, 5) is 13.2. The van der Waals surface area contributed by atoms with Gasteiger partial charge in [-0.15, -0.1) is 0 Å². The number of nitrogens with zero attached hydrogens (tertiary/aromatic N) is 1. The molecule has 0 aromatic heterocycles. The van der Waals surface area contributed by atoms with Crippen LogP contribution in [-0.4, -0.2) is 28.6 Å². The van der Waals surface area contributed by atoms with Crippen molar-refractivity contribution in [3.8, 4) is 0 Å². The van der Waals surface area contributed by atoms with Gasteiger partial charge in [0.1, 0.15) is 6.04 Å². The van der Waals surface area contributed by atoms with Crippen LogP contribution in [0.1, 0.15) is 37.4 Å². The molecule has 21 heavy (non-hydrogen) atoms. The fraction of sp³-hybridized carbons (Fsp3) is 0.533. The second-order valence-corrected chi connectivity index (χ2v) is 5.58. The average Bonchev–Trinajstić information content (AvgIpc) is 2.79. The molecule has 1 aromatic rings. The van der Waals surface area contributed by atoms with Crippen molar-refractivity contribution in [3.05, 3.63) is 35.4 Å². The number of halogens is 3. The van der Waals surface area contributed by atoms with E-state index in [9.17, 15) is 23.1 Å². The van der Waals surface area contributed by atoms with Gasteiger partial charge in [0, 0.05) is 6.04 Å². The fourth-order valence-corrected chi connectivity index (χ4v) is 2.94. The SMILES string of the molecule is CC1CCN(C(C)c2ccc(C(F)(F)F)cc2)C1C(=O)O. The van der Waals surface area contributed by atoms with Gasteiger partial charge in [-0.05, 0) is 43.5 Å². The first-order chi connectivity index (χ1) is 9.71. The van der Waals surface area contributed by atoms with Crippen LogP contribution in [0.25, 0.3) is 0 Å². The van der Waals surface area contributed by atoms with Gasteiger partial charge in [-0.2, -0.15) is 13.2 Å². The quantitative estimate of drug-likeness (QED) is 0.928. The summed E-state index contributed by atoms with van der Waals surface area (Å²) >= 11 is 0. The number of alkyl halides is 3. The van der Waals surface area contributed by atoms with E-state index >= 15 is 0 Å². The third-order valence-corrected chi connectivity index (χ3v) is 4.21. The summed E-state index contributed by atoms with van der Waals surface area (Å²) in [6.45, 7) is 4.36. The molecule has 0 aliphatic carbocycles. The third kappa shape index (κ3) is 3.20. The normalized spacial score (nSPS) is 25.0. The molecule has 116 valence electrons. The topological polar surface area (TPSA) is 40.5 Å². The summed E-state index contributed by atoms with van der Waals surface area (Å²) in [5.74, 6) is -0.835.